The molecule has 0 bridgehead atoms. The topological polar surface area (TPSA) is 96.6 Å². The molecule has 7 heteroatoms. The molecule has 7 nitrogen and oxygen atoms in total. The molecule has 18 heavy (non-hydrogen) atoms. The Morgan fingerprint density at radius 3 is 2.78 bits per heavy atom. The number of benzene rings is 1. The van der Waals surface area contributed by atoms with Gasteiger partial charge in [-0.25, -0.2) is 0 Å². The number of hydrogen-bond donors (Lipinski definition) is 2. The lowest BCUT2D eigenvalue weighted by Gasteiger charge is -2.03. The number of carbonyl (C=O) groups excluding carboxylic acids is 1. The Labute approximate surface area is 104 Å². The van der Waals surface area contributed by atoms with Gasteiger partial charge in [-0.2, -0.15) is 5.10 Å². The Hall–Kier alpha value is -2.44. The van der Waals surface area contributed by atoms with Crippen molar-refractivity contribution in [2.75, 3.05) is 12.0 Å². The maximum atomic E-state index is 10.7. The predicted molar refractivity (Wildman–Crippen MR) is 68.5 cm³/mol. The van der Waals surface area contributed by atoms with Crippen LogP contribution < -0.4 is 10.7 Å². The van der Waals surface area contributed by atoms with Crippen LogP contribution in [0.25, 0.3) is 0 Å². The Balaban J connectivity index is 2.62. The van der Waals surface area contributed by atoms with E-state index < -0.39 is 4.92 Å². The smallest absolute Gasteiger partial charge is 0.271 e. The number of nitrogens with one attached hydrogen (secondary N) is 2. The van der Waals surface area contributed by atoms with Crippen molar-refractivity contribution in [3.8, 4) is 0 Å². The number of carbonyl (C=O) groups is 1. The molecule has 0 saturated carbocycles. The highest BCUT2D eigenvalue weighted by Crippen LogP contribution is 2.16. The minimum Gasteiger partial charge on any atom is -0.351 e. The third kappa shape index (κ3) is 4.60. The molecule has 1 aromatic rings. The van der Waals surface area contributed by atoms with Gasteiger partial charge < -0.3 is 5.32 Å². The van der Waals surface area contributed by atoms with E-state index in [2.05, 4.69) is 15.8 Å². The van der Waals surface area contributed by atoms with Gasteiger partial charge in [0.2, 0.25) is 5.91 Å². The van der Waals surface area contributed by atoms with Crippen LogP contribution in [0.3, 0.4) is 0 Å². The molecule has 1 rings (SSSR count). The number of hydrazone groups is 1. The number of nitro benzene ring substituents is 1. The first-order valence-corrected chi connectivity index (χ1v) is 5.27. The first-order valence-electron chi connectivity index (χ1n) is 5.27. The summed E-state index contributed by atoms with van der Waals surface area (Å²) in [6, 6.07) is 6.02. The molecule has 0 saturated heterocycles. The van der Waals surface area contributed by atoms with Gasteiger partial charge in [0.15, 0.2) is 0 Å². The molecular weight excluding hydrogens is 236 g/mol. The summed E-state index contributed by atoms with van der Waals surface area (Å²) < 4.78 is 0. The number of nitro groups is 1. The van der Waals surface area contributed by atoms with Crippen molar-refractivity contribution < 1.29 is 9.72 Å². The van der Waals surface area contributed by atoms with E-state index in [0.717, 1.165) is 0 Å². The quantitative estimate of drug-likeness (QED) is 0.470. The van der Waals surface area contributed by atoms with Crippen LogP contribution in [0.1, 0.15) is 13.8 Å². The molecule has 0 atom stereocenters. The average molecular weight is 250 g/mol. The molecule has 0 aliphatic rings. The minimum atomic E-state index is -0.473. The second-order valence-electron chi connectivity index (χ2n) is 3.68. The van der Waals surface area contributed by atoms with E-state index in [1.807, 2.05) is 0 Å². The summed E-state index contributed by atoms with van der Waals surface area (Å²) in [7, 11) is 0. The summed E-state index contributed by atoms with van der Waals surface area (Å²) in [4.78, 5) is 20.8. The van der Waals surface area contributed by atoms with Crippen molar-refractivity contribution in [3.05, 3.63) is 34.4 Å². The lowest BCUT2D eigenvalue weighted by atomic mass is 10.3. The second kappa shape index (κ2) is 6.33. The van der Waals surface area contributed by atoms with Gasteiger partial charge in [0, 0.05) is 19.1 Å². The van der Waals surface area contributed by atoms with Crippen LogP contribution in [-0.4, -0.2) is 23.1 Å². The van der Waals surface area contributed by atoms with Crippen molar-refractivity contribution in [1.82, 2.24) is 5.32 Å². The van der Waals surface area contributed by atoms with E-state index in [4.69, 9.17) is 0 Å². The summed E-state index contributed by atoms with van der Waals surface area (Å²) in [5.74, 6) is -0.139. The van der Waals surface area contributed by atoms with Crippen LogP contribution in [0.2, 0.25) is 0 Å². The largest absolute Gasteiger partial charge is 0.351 e. The highest BCUT2D eigenvalue weighted by atomic mass is 16.6. The first kappa shape index (κ1) is 13.6. The van der Waals surface area contributed by atoms with Crippen LogP contribution >= 0.6 is 0 Å². The van der Waals surface area contributed by atoms with E-state index in [9.17, 15) is 14.9 Å². The SMILES string of the molecule is CC(=O)NC/C(C)=N\Nc1cccc([N+](=O)[O-])c1. The highest BCUT2D eigenvalue weighted by molar-refractivity contribution is 5.88. The monoisotopic (exact) mass is 250 g/mol. The van der Waals surface area contributed by atoms with Gasteiger partial charge in [0.25, 0.3) is 5.69 Å². The number of rotatable bonds is 5. The van der Waals surface area contributed by atoms with Gasteiger partial charge in [-0.05, 0) is 13.0 Å². The fourth-order valence-corrected chi connectivity index (χ4v) is 1.14. The molecule has 0 aliphatic carbocycles. The molecule has 0 spiro atoms. The van der Waals surface area contributed by atoms with Gasteiger partial charge in [-0.3, -0.25) is 20.3 Å². The molecule has 2 N–H and O–H groups in total. The van der Waals surface area contributed by atoms with Gasteiger partial charge in [0.05, 0.1) is 22.9 Å². The van der Waals surface area contributed by atoms with Crippen LogP contribution in [-0.2, 0) is 4.79 Å². The van der Waals surface area contributed by atoms with Gasteiger partial charge in [-0.15, -0.1) is 0 Å². The van der Waals surface area contributed by atoms with E-state index in [-0.39, 0.29) is 11.6 Å². The number of hydrogen-bond acceptors (Lipinski definition) is 5. The molecule has 1 aromatic carbocycles. The molecular formula is C11H14N4O3. The van der Waals surface area contributed by atoms with E-state index in [1.165, 1.54) is 19.1 Å². The van der Waals surface area contributed by atoms with Gasteiger partial charge >= 0.3 is 0 Å². The van der Waals surface area contributed by atoms with Crippen LogP contribution in [0, 0.1) is 10.1 Å². The van der Waals surface area contributed by atoms with Crippen molar-refractivity contribution in [1.29, 1.82) is 0 Å². The predicted octanol–water partition coefficient (Wildman–Crippen LogP) is 1.52. The molecule has 0 aliphatic heterocycles. The first-order chi connectivity index (χ1) is 8.49. The Morgan fingerprint density at radius 2 is 2.17 bits per heavy atom. The van der Waals surface area contributed by atoms with E-state index in [0.29, 0.717) is 17.9 Å². The summed E-state index contributed by atoms with van der Waals surface area (Å²) in [5.41, 5.74) is 3.87. The third-order valence-electron chi connectivity index (χ3n) is 2.03. The maximum Gasteiger partial charge on any atom is 0.271 e. The zero-order valence-corrected chi connectivity index (χ0v) is 10.1. The second-order valence-corrected chi connectivity index (χ2v) is 3.68. The zero-order valence-electron chi connectivity index (χ0n) is 10.1. The number of amides is 1. The zero-order chi connectivity index (χ0) is 13.5. The van der Waals surface area contributed by atoms with E-state index in [1.54, 1.807) is 19.1 Å². The molecule has 96 valence electrons. The molecule has 0 fully saturated rings. The van der Waals surface area contributed by atoms with Crippen molar-refractivity contribution >= 4 is 23.0 Å². The fourth-order valence-electron chi connectivity index (χ4n) is 1.14. The molecule has 0 aromatic heterocycles. The Bertz CT molecular complexity index is 485. The molecule has 0 radical (unpaired) electrons. The number of non-ortho nitro benzene ring substituents is 1. The number of anilines is 1. The Morgan fingerprint density at radius 1 is 1.44 bits per heavy atom. The van der Waals surface area contributed by atoms with Crippen LogP contribution in [0.4, 0.5) is 11.4 Å². The molecule has 1 amide bonds. The van der Waals surface area contributed by atoms with Crippen molar-refractivity contribution in [3.63, 3.8) is 0 Å². The standard InChI is InChI=1S/C11H14N4O3/c1-8(7-12-9(2)16)13-14-10-4-3-5-11(6-10)15(17)18/h3-6,14H,7H2,1-2H3,(H,12,16)/b13-8-. The van der Waals surface area contributed by atoms with E-state index >= 15 is 0 Å². The fraction of sp³-hybridized carbons (Fsp3) is 0.273. The minimum absolute atomic E-state index is 0.00489. The summed E-state index contributed by atoms with van der Waals surface area (Å²) in [6.07, 6.45) is 0. The van der Waals surface area contributed by atoms with Crippen LogP contribution in [0.5, 0.6) is 0 Å². The average Bonchev–Trinajstić information content (AvgIpc) is 2.34. The lowest BCUT2D eigenvalue weighted by Crippen LogP contribution is -2.26. The van der Waals surface area contributed by atoms with Gasteiger partial charge in [0.1, 0.15) is 0 Å². The highest BCUT2D eigenvalue weighted by Gasteiger charge is 2.04. The molecule has 0 unspecified atom stereocenters. The molecule has 0 heterocycles. The van der Waals surface area contributed by atoms with Crippen molar-refractivity contribution in [2.24, 2.45) is 5.10 Å². The van der Waals surface area contributed by atoms with Crippen molar-refractivity contribution in [2.45, 2.75) is 13.8 Å². The maximum absolute atomic E-state index is 10.7. The summed E-state index contributed by atoms with van der Waals surface area (Å²) in [6.45, 7) is 3.48. The Kier molecular flexibility index (Phi) is 4.79. The van der Waals surface area contributed by atoms with Gasteiger partial charge in [-0.1, -0.05) is 6.07 Å². The number of nitrogens with zero attached hydrogens (tertiary/aromatic N) is 2. The normalized spacial score (nSPS) is 10.9. The summed E-state index contributed by atoms with van der Waals surface area (Å²) in [5, 5.41) is 17.2. The lowest BCUT2D eigenvalue weighted by molar-refractivity contribution is -0.384. The third-order valence-corrected chi connectivity index (χ3v) is 2.03. The van der Waals surface area contributed by atoms with Crippen LogP contribution in [0.15, 0.2) is 29.4 Å². The summed E-state index contributed by atoms with van der Waals surface area (Å²) >= 11 is 0.